The maximum Gasteiger partial charge on any atom is 0.0847 e. The molecule has 1 atom stereocenters. The zero-order valence-corrected chi connectivity index (χ0v) is 12.4. The van der Waals surface area contributed by atoms with Gasteiger partial charge in [-0.15, -0.1) is 0 Å². The molecule has 2 N–H and O–H groups in total. The van der Waals surface area contributed by atoms with Crippen LogP contribution in [0.1, 0.15) is 22.5 Å². The van der Waals surface area contributed by atoms with E-state index in [4.69, 9.17) is 17.3 Å². The van der Waals surface area contributed by atoms with Gasteiger partial charge in [0.2, 0.25) is 0 Å². The van der Waals surface area contributed by atoms with Crippen LogP contribution in [0.4, 0.5) is 0 Å². The van der Waals surface area contributed by atoms with Crippen molar-refractivity contribution in [3.05, 3.63) is 51.8 Å². The van der Waals surface area contributed by atoms with Crippen LogP contribution in [0.3, 0.4) is 0 Å². The van der Waals surface area contributed by atoms with E-state index in [1.54, 1.807) is 0 Å². The zero-order valence-electron chi connectivity index (χ0n) is 11.7. The van der Waals surface area contributed by atoms with Gasteiger partial charge >= 0.3 is 0 Å². The number of nitrogens with two attached hydrogens (primary N) is 1. The molecule has 1 aromatic carbocycles. The van der Waals surface area contributed by atoms with Crippen LogP contribution in [0, 0.1) is 13.8 Å². The molecule has 1 heterocycles. The van der Waals surface area contributed by atoms with Crippen LogP contribution in [0.2, 0.25) is 5.02 Å². The minimum atomic E-state index is 0.0509. The summed E-state index contributed by atoms with van der Waals surface area (Å²) in [4.78, 5) is 0. The van der Waals surface area contributed by atoms with E-state index in [0.717, 1.165) is 29.3 Å². The number of benzene rings is 1. The van der Waals surface area contributed by atoms with E-state index in [1.165, 1.54) is 11.1 Å². The normalized spacial score (nSPS) is 12.7. The smallest absolute Gasteiger partial charge is 0.0847 e. The lowest BCUT2D eigenvalue weighted by Crippen LogP contribution is -2.26. The Labute approximate surface area is 119 Å². The summed E-state index contributed by atoms with van der Waals surface area (Å²) in [5, 5.41) is 5.05. The second kappa shape index (κ2) is 5.76. The van der Waals surface area contributed by atoms with Gasteiger partial charge in [-0.05, 0) is 25.8 Å². The van der Waals surface area contributed by atoms with Crippen molar-refractivity contribution in [2.75, 3.05) is 0 Å². The Bertz CT molecular complexity index is 558. The summed E-state index contributed by atoms with van der Waals surface area (Å²) in [6.45, 7) is 4.00. The molecule has 0 saturated carbocycles. The molecule has 0 saturated heterocycles. The van der Waals surface area contributed by atoms with Crippen molar-refractivity contribution in [1.82, 2.24) is 9.78 Å². The second-order valence-corrected chi connectivity index (χ2v) is 5.50. The van der Waals surface area contributed by atoms with Crippen molar-refractivity contribution in [3.63, 3.8) is 0 Å². The third-order valence-electron chi connectivity index (χ3n) is 3.34. The molecule has 0 spiro atoms. The standard InChI is InChI=1S/C15H20ClN3/c1-10-4-6-12(7-5-10)8-13(17)9-14-15(16)11(2)18-19(14)3/h4-7,13H,8-9,17H2,1-3H3. The summed E-state index contributed by atoms with van der Waals surface area (Å²) in [5.74, 6) is 0. The molecule has 2 rings (SSSR count). The Hall–Kier alpha value is -1.32. The molecule has 19 heavy (non-hydrogen) atoms. The average molecular weight is 278 g/mol. The summed E-state index contributed by atoms with van der Waals surface area (Å²) >= 11 is 6.24. The van der Waals surface area contributed by atoms with Crippen molar-refractivity contribution < 1.29 is 0 Å². The summed E-state index contributed by atoms with van der Waals surface area (Å²) < 4.78 is 1.83. The molecule has 0 aliphatic carbocycles. The first-order valence-corrected chi connectivity index (χ1v) is 6.84. The monoisotopic (exact) mass is 277 g/mol. The van der Waals surface area contributed by atoms with Crippen LogP contribution in [0.5, 0.6) is 0 Å². The van der Waals surface area contributed by atoms with Gasteiger partial charge in [-0.1, -0.05) is 41.4 Å². The predicted octanol–water partition coefficient (Wildman–Crippen LogP) is 2.80. The highest BCUT2D eigenvalue weighted by molar-refractivity contribution is 6.31. The molecule has 0 amide bonds. The largest absolute Gasteiger partial charge is 0.327 e. The Kier molecular flexibility index (Phi) is 4.27. The number of aryl methyl sites for hydroxylation is 3. The highest BCUT2D eigenvalue weighted by Gasteiger charge is 2.14. The van der Waals surface area contributed by atoms with Gasteiger partial charge in [0.1, 0.15) is 0 Å². The van der Waals surface area contributed by atoms with E-state index in [9.17, 15) is 0 Å². The zero-order chi connectivity index (χ0) is 14.0. The maximum atomic E-state index is 6.24. The number of rotatable bonds is 4. The lowest BCUT2D eigenvalue weighted by atomic mass is 10.0. The fourth-order valence-electron chi connectivity index (χ4n) is 2.25. The highest BCUT2D eigenvalue weighted by Crippen LogP contribution is 2.21. The van der Waals surface area contributed by atoms with E-state index in [1.807, 2.05) is 18.7 Å². The third-order valence-corrected chi connectivity index (χ3v) is 3.83. The van der Waals surface area contributed by atoms with E-state index < -0.39 is 0 Å². The number of hydrogen-bond acceptors (Lipinski definition) is 2. The summed E-state index contributed by atoms with van der Waals surface area (Å²) in [5.41, 5.74) is 10.6. The third kappa shape index (κ3) is 3.37. The van der Waals surface area contributed by atoms with Gasteiger partial charge < -0.3 is 5.73 Å². The first-order chi connectivity index (χ1) is 8.97. The lowest BCUT2D eigenvalue weighted by molar-refractivity contribution is 0.612. The minimum Gasteiger partial charge on any atom is -0.327 e. The van der Waals surface area contributed by atoms with Gasteiger partial charge in [0, 0.05) is 19.5 Å². The number of halogens is 1. The molecule has 2 aromatic rings. The van der Waals surface area contributed by atoms with Crippen molar-refractivity contribution in [2.45, 2.75) is 32.7 Å². The molecule has 3 nitrogen and oxygen atoms in total. The molecule has 0 aliphatic rings. The van der Waals surface area contributed by atoms with Crippen LogP contribution in [-0.4, -0.2) is 15.8 Å². The van der Waals surface area contributed by atoms with E-state index in [2.05, 4.69) is 36.3 Å². The molecule has 1 unspecified atom stereocenters. The van der Waals surface area contributed by atoms with Gasteiger partial charge in [0.05, 0.1) is 16.4 Å². The molecule has 0 bridgehead atoms. The van der Waals surface area contributed by atoms with Crippen molar-refractivity contribution in [1.29, 1.82) is 0 Å². The molecule has 0 aliphatic heterocycles. The van der Waals surface area contributed by atoms with Gasteiger partial charge in [-0.2, -0.15) is 5.10 Å². The van der Waals surface area contributed by atoms with E-state index in [-0.39, 0.29) is 6.04 Å². The number of nitrogens with zero attached hydrogens (tertiary/aromatic N) is 2. The van der Waals surface area contributed by atoms with E-state index >= 15 is 0 Å². The van der Waals surface area contributed by atoms with Crippen LogP contribution in [0.25, 0.3) is 0 Å². The molecule has 4 heteroatoms. The Morgan fingerprint density at radius 2 is 1.84 bits per heavy atom. The highest BCUT2D eigenvalue weighted by atomic mass is 35.5. The average Bonchev–Trinajstić information content (AvgIpc) is 2.59. The first kappa shape index (κ1) is 14.1. The van der Waals surface area contributed by atoms with Crippen LogP contribution in [0.15, 0.2) is 24.3 Å². The Morgan fingerprint density at radius 1 is 1.21 bits per heavy atom. The molecule has 102 valence electrons. The van der Waals surface area contributed by atoms with Gasteiger partial charge in [-0.3, -0.25) is 4.68 Å². The topological polar surface area (TPSA) is 43.8 Å². The minimum absolute atomic E-state index is 0.0509. The molecular formula is C15H20ClN3. The summed E-state index contributed by atoms with van der Waals surface area (Å²) in [6, 6.07) is 8.54. The molecule has 0 fully saturated rings. The fourth-order valence-corrected chi connectivity index (χ4v) is 2.49. The van der Waals surface area contributed by atoms with Crippen LogP contribution in [-0.2, 0) is 19.9 Å². The van der Waals surface area contributed by atoms with Crippen molar-refractivity contribution in [3.8, 4) is 0 Å². The quantitative estimate of drug-likeness (QED) is 0.934. The predicted molar refractivity (Wildman–Crippen MR) is 79.5 cm³/mol. The first-order valence-electron chi connectivity index (χ1n) is 6.46. The van der Waals surface area contributed by atoms with Crippen molar-refractivity contribution >= 4 is 11.6 Å². The molecule has 0 radical (unpaired) electrons. The van der Waals surface area contributed by atoms with Gasteiger partial charge in [0.25, 0.3) is 0 Å². The van der Waals surface area contributed by atoms with E-state index in [0.29, 0.717) is 0 Å². The maximum absolute atomic E-state index is 6.24. The van der Waals surface area contributed by atoms with Crippen molar-refractivity contribution in [2.24, 2.45) is 12.8 Å². The second-order valence-electron chi connectivity index (χ2n) is 5.12. The fraction of sp³-hybridized carbons (Fsp3) is 0.400. The SMILES string of the molecule is Cc1ccc(CC(N)Cc2c(Cl)c(C)nn2C)cc1. The molecule has 1 aromatic heterocycles. The Morgan fingerprint density at radius 3 is 2.37 bits per heavy atom. The van der Waals surface area contributed by atoms with Crippen LogP contribution >= 0.6 is 11.6 Å². The summed E-state index contributed by atoms with van der Waals surface area (Å²) in [7, 11) is 1.91. The molecular weight excluding hydrogens is 258 g/mol. The number of aromatic nitrogens is 2. The number of hydrogen-bond donors (Lipinski definition) is 1. The van der Waals surface area contributed by atoms with Gasteiger partial charge in [0.15, 0.2) is 0 Å². The van der Waals surface area contributed by atoms with Crippen LogP contribution < -0.4 is 5.73 Å². The Balaban J connectivity index is 2.05. The summed E-state index contributed by atoms with van der Waals surface area (Å²) in [6.07, 6.45) is 1.59. The van der Waals surface area contributed by atoms with Gasteiger partial charge in [-0.25, -0.2) is 0 Å². The lowest BCUT2D eigenvalue weighted by Gasteiger charge is -2.12.